The van der Waals surface area contributed by atoms with Crippen LogP contribution in [0.2, 0.25) is 0 Å². The fourth-order valence-corrected chi connectivity index (χ4v) is 4.46. The third-order valence-corrected chi connectivity index (χ3v) is 5.09. The molecule has 0 radical (unpaired) electrons. The van der Waals surface area contributed by atoms with Crippen molar-refractivity contribution in [2.75, 3.05) is 0 Å². The highest BCUT2D eigenvalue weighted by Crippen LogP contribution is 2.53. The summed E-state index contributed by atoms with van der Waals surface area (Å²) in [7, 11) is 0. The molecular weight excluding hydrogens is 172 g/mol. The molecule has 5 atom stereocenters. The van der Waals surface area contributed by atoms with Crippen LogP contribution in [-0.2, 0) is 0 Å². The van der Waals surface area contributed by atoms with E-state index < -0.39 is 0 Å². The minimum Gasteiger partial charge on any atom is -0.393 e. The Hall–Kier alpha value is -0.0400. The van der Waals surface area contributed by atoms with Gasteiger partial charge in [0.05, 0.1) is 6.10 Å². The quantitative estimate of drug-likeness (QED) is 0.680. The number of hydrogen-bond acceptors (Lipinski definition) is 1. The minimum atomic E-state index is 0.0351. The number of aliphatic hydroxyl groups is 1. The van der Waals surface area contributed by atoms with Crippen LogP contribution in [0.1, 0.15) is 51.4 Å². The van der Waals surface area contributed by atoms with Crippen LogP contribution >= 0.6 is 0 Å². The summed E-state index contributed by atoms with van der Waals surface area (Å²) in [6.45, 7) is 0. The highest BCUT2D eigenvalue weighted by atomic mass is 16.3. The first-order valence-electron chi connectivity index (χ1n) is 6.51. The van der Waals surface area contributed by atoms with Crippen LogP contribution in [-0.4, -0.2) is 11.2 Å². The Morgan fingerprint density at radius 3 is 2.29 bits per heavy atom. The number of hydrogen-bond donors (Lipinski definition) is 1. The summed E-state index contributed by atoms with van der Waals surface area (Å²) in [6.07, 6.45) is 10.9. The van der Waals surface area contributed by atoms with Crippen molar-refractivity contribution in [3.8, 4) is 0 Å². The highest BCUT2D eigenvalue weighted by Gasteiger charge is 2.43. The third-order valence-electron chi connectivity index (χ3n) is 5.09. The van der Waals surface area contributed by atoms with E-state index in [1.54, 1.807) is 0 Å². The summed E-state index contributed by atoms with van der Waals surface area (Å²) < 4.78 is 0. The molecule has 14 heavy (non-hydrogen) atoms. The van der Waals surface area contributed by atoms with Gasteiger partial charge in [-0.25, -0.2) is 0 Å². The zero-order chi connectivity index (χ0) is 9.54. The van der Waals surface area contributed by atoms with E-state index in [-0.39, 0.29) is 6.10 Å². The van der Waals surface area contributed by atoms with Gasteiger partial charge >= 0.3 is 0 Å². The zero-order valence-corrected chi connectivity index (χ0v) is 8.99. The van der Waals surface area contributed by atoms with E-state index in [4.69, 9.17) is 0 Å². The molecule has 0 aliphatic heterocycles. The molecule has 80 valence electrons. The molecule has 0 aromatic heterocycles. The summed E-state index contributed by atoms with van der Waals surface area (Å²) in [5.74, 6) is 4.01. The summed E-state index contributed by atoms with van der Waals surface area (Å²) in [4.78, 5) is 0. The Morgan fingerprint density at radius 1 is 0.786 bits per heavy atom. The Labute approximate surface area is 86.9 Å². The van der Waals surface area contributed by atoms with Crippen LogP contribution in [0.5, 0.6) is 0 Å². The van der Waals surface area contributed by atoms with Gasteiger partial charge in [-0.1, -0.05) is 12.8 Å². The molecule has 0 spiro atoms. The topological polar surface area (TPSA) is 20.2 Å². The first kappa shape index (κ1) is 9.21. The highest BCUT2D eigenvalue weighted by molar-refractivity contribution is 4.94. The molecule has 3 aliphatic carbocycles. The van der Waals surface area contributed by atoms with Gasteiger partial charge in [0.15, 0.2) is 0 Å². The number of aliphatic hydroxyl groups excluding tert-OH is 1. The molecule has 0 saturated heterocycles. The van der Waals surface area contributed by atoms with E-state index in [2.05, 4.69) is 0 Å². The summed E-state index contributed by atoms with van der Waals surface area (Å²) in [6, 6.07) is 0. The largest absolute Gasteiger partial charge is 0.393 e. The average molecular weight is 194 g/mol. The predicted molar refractivity (Wildman–Crippen MR) is 56.9 cm³/mol. The molecule has 2 bridgehead atoms. The first-order valence-corrected chi connectivity index (χ1v) is 6.51. The Bertz CT molecular complexity index is 213. The van der Waals surface area contributed by atoms with Crippen molar-refractivity contribution in [2.45, 2.75) is 57.5 Å². The molecule has 0 heterocycles. The van der Waals surface area contributed by atoms with E-state index in [1.807, 2.05) is 0 Å². The van der Waals surface area contributed by atoms with Crippen LogP contribution in [0.15, 0.2) is 0 Å². The maximum absolute atomic E-state index is 9.71. The standard InChI is InChI=1S/C13H22O/c14-12-3-1-2-10(8-12)13-7-9-4-5-11(13)6-9/h9-14H,1-8H2/t9-,10-,11-,12+,13-/m0/s1. The number of fused-ring (bicyclic) bond motifs is 2. The molecule has 0 unspecified atom stereocenters. The van der Waals surface area contributed by atoms with Crippen molar-refractivity contribution >= 4 is 0 Å². The van der Waals surface area contributed by atoms with Crippen LogP contribution in [0.4, 0.5) is 0 Å². The molecule has 1 nitrogen and oxygen atoms in total. The lowest BCUT2D eigenvalue weighted by atomic mass is 9.72. The van der Waals surface area contributed by atoms with Gasteiger partial charge in [-0.05, 0) is 62.2 Å². The monoisotopic (exact) mass is 194 g/mol. The van der Waals surface area contributed by atoms with Crippen molar-refractivity contribution < 1.29 is 5.11 Å². The van der Waals surface area contributed by atoms with Crippen LogP contribution in [0.25, 0.3) is 0 Å². The van der Waals surface area contributed by atoms with Gasteiger partial charge in [0, 0.05) is 0 Å². The maximum atomic E-state index is 9.71. The van der Waals surface area contributed by atoms with E-state index in [9.17, 15) is 5.11 Å². The summed E-state index contributed by atoms with van der Waals surface area (Å²) in [5, 5.41) is 9.71. The maximum Gasteiger partial charge on any atom is 0.0543 e. The summed E-state index contributed by atoms with van der Waals surface area (Å²) in [5.41, 5.74) is 0. The molecule has 0 amide bonds. The first-order chi connectivity index (χ1) is 6.83. The predicted octanol–water partition coefficient (Wildman–Crippen LogP) is 2.97. The van der Waals surface area contributed by atoms with Crippen molar-refractivity contribution in [3.63, 3.8) is 0 Å². The van der Waals surface area contributed by atoms with E-state index >= 15 is 0 Å². The fourth-order valence-electron chi connectivity index (χ4n) is 4.46. The lowest BCUT2D eigenvalue weighted by Crippen LogP contribution is -2.28. The molecule has 0 aromatic carbocycles. The molecule has 3 rings (SSSR count). The minimum absolute atomic E-state index is 0.0351. The van der Waals surface area contributed by atoms with Gasteiger partial charge in [0.25, 0.3) is 0 Å². The van der Waals surface area contributed by atoms with Gasteiger partial charge in [0.2, 0.25) is 0 Å². The summed E-state index contributed by atoms with van der Waals surface area (Å²) >= 11 is 0. The van der Waals surface area contributed by atoms with Crippen LogP contribution in [0.3, 0.4) is 0 Å². The smallest absolute Gasteiger partial charge is 0.0543 e. The third kappa shape index (κ3) is 1.50. The second kappa shape index (κ2) is 3.52. The van der Waals surface area contributed by atoms with Gasteiger partial charge in [-0.2, -0.15) is 0 Å². The van der Waals surface area contributed by atoms with Crippen molar-refractivity contribution in [2.24, 2.45) is 23.7 Å². The molecule has 3 aliphatic rings. The van der Waals surface area contributed by atoms with Gasteiger partial charge < -0.3 is 5.11 Å². The Kier molecular flexibility index (Phi) is 2.31. The molecule has 3 fully saturated rings. The van der Waals surface area contributed by atoms with Gasteiger partial charge in [-0.15, -0.1) is 0 Å². The van der Waals surface area contributed by atoms with Gasteiger partial charge in [-0.3, -0.25) is 0 Å². The second-order valence-corrected chi connectivity index (χ2v) is 5.92. The second-order valence-electron chi connectivity index (χ2n) is 5.92. The Balaban J connectivity index is 1.65. The zero-order valence-electron chi connectivity index (χ0n) is 8.99. The van der Waals surface area contributed by atoms with Crippen LogP contribution in [0, 0.1) is 23.7 Å². The SMILES string of the molecule is O[C@@H]1CCC[C@H]([C@@H]2C[C@H]3CC[C@H]2C3)C1. The molecular formula is C13H22O. The lowest BCUT2D eigenvalue weighted by Gasteiger charge is -2.35. The molecule has 1 heteroatoms. The molecule has 3 saturated carbocycles. The Morgan fingerprint density at radius 2 is 1.64 bits per heavy atom. The van der Waals surface area contributed by atoms with Gasteiger partial charge in [0.1, 0.15) is 0 Å². The van der Waals surface area contributed by atoms with E-state index in [0.717, 1.165) is 36.5 Å². The fraction of sp³-hybridized carbons (Fsp3) is 1.00. The molecule has 1 N–H and O–H groups in total. The van der Waals surface area contributed by atoms with Crippen molar-refractivity contribution in [3.05, 3.63) is 0 Å². The normalized spacial score (nSPS) is 52.5. The number of rotatable bonds is 1. The molecule has 0 aromatic rings. The average Bonchev–Trinajstić information content (AvgIpc) is 2.78. The van der Waals surface area contributed by atoms with Crippen molar-refractivity contribution in [1.82, 2.24) is 0 Å². The van der Waals surface area contributed by atoms with E-state index in [0.29, 0.717) is 0 Å². The van der Waals surface area contributed by atoms with Crippen LogP contribution < -0.4 is 0 Å². The lowest BCUT2D eigenvalue weighted by molar-refractivity contribution is 0.0650. The van der Waals surface area contributed by atoms with E-state index in [1.165, 1.54) is 38.5 Å². The van der Waals surface area contributed by atoms with Crippen molar-refractivity contribution in [1.29, 1.82) is 0 Å².